The average molecular weight is 192 g/mol. The number of cyclic esters (lactones) is 2. The van der Waals surface area contributed by atoms with Crippen LogP contribution in [0.3, 0.4) is 0 Å². The van der Waals surface area contributed by atoms with Crippen LogP contribution >= 0.6 is 0 Å². The van der Waals surface area contributed by atoms with E-state index in [9.17, 15) is 9.59 Å². The minimum absolute atomic E-state index is 0.242. The molecule has 1 saturated heterocycles. The first kappa shape index (κ1) is 8.21. The number of hydrogen-bond donors (Lipinski definition) is 0. The Morgan fingerprint density at radius 1 is 1.29 bits per heavy atom. The van der Waals surface area contributed by atoms with Gasteiger partial charge in [-0.3, -0.25) is 9.59 Å². The van der Waals surface area contributed by atoms with Crippen LogP contribution < -0.4 is 0 Å². The van der Waals surface area contributed by atoms with Crippen LogP contribution in [0.15, 0.2) is 12.2 Å². The number of rotatable bonds is 0. The molecule has 3 nitrogen and oxygen atoms in total. The zero-order valence-electron chi connectivity index (χ0n) is 7.86. The molecule has 3 heteroatoms. The molecule has 4 rings (SSSR count). The molecule has 4 aliphatic rings. The molecular weight excluding hydrogens is 180 g/mol. The van der Waals surface area contributed by atoms with E-state index in [4.69, 9.17) is 4.74 Å². The highest BCUT2D eigenvalue weighted by molar-refractivity contribution is 5.98. The van der Waals surface area contributed by atoms with Crippen LogP contribution in [-0.4, -0.2) is 11.9 Å². The Labute approximate surface area is 82.1 Å². The number of hydrogen-bond acceptors (Lipinski definition) is 3. The summed E-state index contributed by atoms with van der Waals surface area (Å²) in [6.07, 6.45) is 7.61. The molecule has 0 aromatic carbocycles. The van der Waals surface area contributed by atoms with Crippen LogP contribution in [0.1, 0.15) is 25.7 Å². The van der Waals surface area contributed by atoms with E-state index in [0.717, 1.165) is 19.3 Å². The Hall–Kier alpha value is -1.12. The molecule has 0 aromatic rings. The van der Waals surface area contributed by atoms with Crippen molar-refractivity contribution in [3.8, 4) is 0 Å². The van der Waals surface area contributed by atoms with E-state index in [1.54, 1.807) is 0 Å². The number of ether oxygens (including phenoxy) is 1. The SMILES string of the molecule is O=C1CC2(CC3C=CC2CC3)C(=O)O1. The number of esters is 2. The topological polar surface area (TPSA) is 43.4 Å². The molecule has 3 unspecified atom stereocenters. The molecule has 14 heavy (non-hydrogen) atoms. The first-order valence-corrected chi connectivity index (χ1v) is 5.14. The molecule has 0 amide bonds. The Balaban J connectivity index is 2.02. The van der Waals surface area contributed by atoms with Crippen molar-refractivity contribution in [3.05, 3.63) is 12.2 Å². The molecule has 0 N–H and O–H groups in total. The Bertz CT molecular complexity index is 344. The van der Waals surface area contributed by atoms with Gasteiger partial charge in [-0.25, -0.2) is 0 Å². The highest BCUT2D eigenvalue weighted by Crippen LogP contribution is 2.53. The first-order valence-electron chi connectivity index (χ1n) is 5.14. The third kappa shape index (κ3) is 0.873. The fourth-order valence-electron chi connectivity index (χ4n) is 3.14. The van der Waals surface area contributed by atoms with E-state index >= 15 is 0 Å². The van der Waals surface area contributed by atoms with Crippen molar-refractivity contribution in [2.45, 2.75) is 25.7 Å². The van der Waals surface area contributed by atoms with Crippen molar-refractivity contribution in [2.75, 3.05) is 0 Å². The maximum Gasteiger partial charge on any atom is 0.320 e. The molecule has 1 saturated carbocycles. The van der Waals surface area contributed by atoms with Gasteiger partial charge in [0.1, 0.15) is 0 Å². The molecule has 3 aliphatic carbocycles. The van der Waals surface area contributed by atoms with Crippen molar-refractivity contribution in [1.82, 2.24) is 0 Å². The number of carbonyl (C=O) groups is 2. The summed E-state index contributed by atoms with van der Waals surface area (Å²) in [7, 11) is 0. The van der Waals surface area contributed by atoms with E-state index in [1.807, 2.05) is 0 Å². The summed E-state index contributed by atoms with van der Waals surface area (Å²) in [5, 5.41) is 0. The molecule has 2 fully saturated rings. The summed E-state index contributed by atoms with van der Waals surface area (Å²) in [6.45, 7) is 0. The maximum atomic E-state index is 11.7. The molecule has 0 radical (unpaired) electrons. The Morgan fingerprint density at radius 2 is 2.14 bits per heavy atom. The summed E-state index contributed by atoms with van der Waals surface area (Å²) in [6, 6.07) is 0. The summed E-state index contributed by atoms with van der Waals surface area (Å²) >= 11 is 0. The molecular formula is C11H12O3. The molecule has 74 valence electrons. The fourth-order valence-corrected chi connectivity index (χ4v) is 3.14. The predicted octanol–water partition coefficient (Wildman–Crippen LogP) is 1.43. The van der Waals surface area contributed by atoms with E-state index in [2.05, 4.69) is 12.2 Å². The summed E-state index contributed by atoms with van der Waals surface area (Å²) in [5.74, 6) is 0.113. The van der Waals surface area contributed by atoms with Gasteiger partial charge in [-0.2, -0.15) is 0 Å². The lowest BCUT2D eigenvalue weighted by Crippen LogP contribution is -2.42. The van der Waals surface area contributed by atoms with E-state index < -0.39 is 5.41 Å². The Kier molecular flexibility index (Phi) is 1.45. The minimum atomic E-state index is -0.477. The molecule has 2 bridgehead atoms. The van der Waals surface area contributed by atoms with Crippen LogP contribution in [0.5, 0.6) is 0 Å². The lowest BCUT2D eigenvalue weighted by molar-refractivity contribution is -0.157. The Morgan fingerprint density at radius 3 is 2.57 bits per heavy atom. The highest BCUT2D eigenvalue weighted by Gasteiger charge is 2.57. The normalized spacial score (nSPS) is 44.9. The van der Waals surface area contributed by atoms with Gasteiger partial charge in [-0.05, 0) is 31.1 Å². The smallest absolute Gasteiger partial charge is 0.320 e. The fraction of sp³-hybridized carbons (Fsp3) is 0.636. The predicted molar refractivity (Wildman–Crippen MR) is 48.1 cm³/mol. The van der Waals surface area contributed by atoms with Crippen molar-refractivity contribution >= 4 is 11.9 Å². The summed E-state index contributed by atoms with van der Waals surface area (Å²) in [4.78, 5) is 22.8. The van der Waals surface area contributed by atoms with Crippen LogP contribution in [0.2, 0.25) is 0 Å². The van der Waals surface area contributed by atoms with Crippen LogP contribution in [0.4, 0.5) is 0 Å². The van der Waals surface area contributed by atoms with Gasteiger partial charge in [0.05, 0.1) is 11.8 Å². The third-order valence-electron chi connectivity index (χ3n) is 3.87. The van der Waals surface area contributed by atoms with E-state index in [-0.39, 0.29) is 17.9 Å². The van der Waals surface area contributed by atoms with Gasteiger partial charge in [0.15, 0.2) is 0 Å². The largest absolute Gasteiger partial charge is 0.393 e. The van der Waals surface area contributed by atoms with Gasteiger partial charge in [0, 0.05) is 0 Å². The van der Waals surface area contributed by atoms with Crippen LogP contribution in [-0.2, 0) is 14.3 Å². The molecule has 3 atom stereocenters. The third-order valence-corrected chi connectivity index (χ3v) is 3.87. The van der Waals surface area contributed by atoms with Gasteiger partial charge in [0.25, 0.3) is 0 Å². The van der Waals surface area contributed by atoms with E-state index in [1.165, 1.54) is 0 Å². The minimum Gasteiger partial charge on any atom is -0.393 e. The van der Waals surface area contributed by atoms with Crippen molar-refractivity contribution in [1.29, 1.82) is 0 Å². The highest BCUT2D eigenvalue weighted by atomic mass is 16.6. The van der Waals surface area contributed by atoms with Crippen molar-refractivity contribution in [3.63, 3.8) is 0 Å². The van der Waals surface area contributed by atoms with Gasteiger partial charge >= 0.3 is 11.9 Å². The van der Waals surface area contributed by atoms with Gasteiger partial charge in [-0.15, -0.1) is 0 Å². The second-order valence-electron chi connectivity index (χ2n) is 4.63. The first-order chi connectivity index (χ1) is 6.71. The molecule has 1 heterocycles. The number of allylic oxidation sites excluding steroid dienone is 2. The van der Waals surface area contributed by atoms with Gasteiger partial charge in [-0.1, -0.05) is 12.2 Å². The molecule has 1 spiro atoms. The van der Waals surface area contributed by atoms with Crippen molar-refractivity contribution in [2.24, 2.45) is 17.3 Å². The van der Waals surface area contributed by atoms with Crippen LogP contribution in [0.25, 0.3) is 0 Å². The lowest BCUT2D eigenvalue weighted by Gasteiger charge is -2.42. The molecule has 1 aliphatic heterocycles. The number of fused-ring (bicyclic) bond motifs is 1. The number of carbonyl (C=O) groups excluding carboxylic acids is 2. The second kappa shape index (κ2) is 2.47. The summed E-state index contributed by atoms with van der Waals surface area (Å²) < 4.78 is 4.70. The lowest BCUT2D eigenvalue weighted by atomic mass is 9.58. The van der Waals surface area contributed by atoms with Gasteiger partial charge < -0.3 is 4.74 Å². The standard InChI is InChI=1S/C11H12O3/c12-9-6-11(10(13)14-9)5-7-1-3-8(11)4-2-7/h1,3,7-8H,2,4-6H2. The quantitative estimate of drug-likeness (QED) is 0.331. The van der Waals surface area contributed by atoms with Crippen LogP contribution in [0, 0.1) is 17.3 Å². The molecule has 0 aromatic heterocycles. The second-order valence-corrected chi connectivity index (χ2v) is 4.63. The average Bonchev–Trinajstić information content (AvgIpc) is 2.43. The zero-order valence-corrected chi connectivity index (χ0v) is 7.86. The van der Waals surface area contributed by atoms with E-state index in [0.29, 0.717) is 12.3 Å². The van der Waals surface area contributed by atoms with Gasteiger partial charge in [0.2, 0.25) is 0 Å². The zero-order chi connectivity index (χ0) is 9.76. The van der Waals surface area contributed by atoms with Crippen molar-refractivity contribution < 1.29 is 14.3 Å². The summed E-state index contributed by atoms with van der Waals surface area (Å²) in [5.41, 5.74) is -0.477. The monoisotopic (exact) mass is 192 g/mol. The maximum absolute atomic E-state index is 11.7.